The molecule has 0 unspecified atom stereocenters. The molecule has 4 fully saturated rings. The van der Waals surface area contributed by atoms with Gasteiger partial charge in [-0.05, 0) is 92.3 Å². The summed E-state index contributed by atoms with van der Waals surface area (Å²) in [6.07, 6.45) is 10.7. The average molecular weight is 292 g/mol. The first kappa shape index (κ1) is 14.5. The van der Waals surface area contributed by atoms with E-state index in [0.717, 1.165) is 49.4 Å². The van der Waals surface area contributed by atoms with E-state index in [1.807, 2.05) is 0 Å². The van der Waals surface area contributed by atoms with E-state index in [4.69, 9.17) is 0 Å². The summed E-state index contributed by atoms with van der Waals surface area (Å²) in [4.78, 5) is 0. The van der Waals surface area contributed by atoms with Gasteiger partial charge in [0.1, 0.15) is 0 Å². The Morgan fingerprint density at radius 1 is 0.810 bits per heavy atom. The van der Waals surface area contributed by atoms with Crippen molar-refractivity contribution in [3.8, 4) is 0 Å². The minimum Gasteiger partial charge on any atom is -0.393 e. The van der Waals surface area contributed by atoms with Crippen molar-refractivity contribution in [2.45, 2.75) is 83.8 Å². The van der Waals surface area contributed by atoms with Crippen LogP contribution < -0.4 is 0 Å². The number of fused-ring (bicyclic) bond motifs is 5. The maximum atomic E-state index is 10.2. The van der Waals surface area contributed by atoms with Crippen LogP contribution in [0, 0.1) is 34.5 Å². The molecule has 4 aliphatic carbocycles. The van der Waals surface area contributed by atoms with Gasteiger partial charge in [0.2, 0.25) is 0 Å². The largest absolute Gasteiger partial charge is 0.393 e. The van der Waals surface area contributed by atoms with E-state index < -0.39 is 0 Å². The molecule has 0 aromatic heterocycles. The van der Waals surface area contributed by atoms with Crippen LogP contribution in [0.1, 0.15) is 71.6 Å². The van der Waals surface area contributed by atoms with Crippen molar-refractivity contribution in [2.24, 2.45) is 34.5 Å². The minimum absolute atomic E-state index is 0.0400. The molecule has 0 aromatic carbocycles. The standard InChI is InChI=1S/C19H32O2/c1-18-7-6-16-15(17(18)10-14(21)11-18)4-3-12-9-13(20)5-8-19(12,16)2/h12-17,20-21H,3-11H2,1-2H3/t12-,13-,14+,15+,16+,17+,18+,19-/m0/s1. The molecule has 0 aliphatic heterocycles. The SMILES string of the molecule is C[C@]12CC[C@@H]3[C@@H](CC[C@H]4C[C@@H](O)CC[C@@]43C)[C@H]1C[C@@H](O)C2. The summed E-state index contributed by atoms with van der Waals surface area (Å²) in [6, 6.07) is 0. The third-order valence-electron chi connectivity index (χ3n) is 8.38. The molecule has 0 saturated heterocycles. The lowest BCUT2D eigenvalue weighted by Gasteiger charge is -2.60. The zero-order chi connectivity index (χ0) is 14.8. The van der Waals surface area contributed by atoms with Crippen LogP contribution in [-0.4, -0.2) is 22.4 Å². The van der Waals surface area contributed by atoms with Crippen LogP contribution in [0.3, 0.4) is 0 Å². The van der Waals surface area contributed by atoms with E-state index in [9.17, 15) is 10.2 Å². The normalized spacial score (nSPS) is 60.0. The molecule has 2 N–H and O–H groups in total. The fourth-order valence-corrected chi connectivity index (χ4v) is 7.26. The van der Waals surface area contributed by atoms with Crippen molar-refractivity contribution < 1.29 is 10.2 Å². The van der Waals surface area contributed by atoms with E-state index in [2.05, 4.69) is 13.8 Å². The van der Waals surface area contributed by atoms with E-state index in [-0.39, 0.29) is 12.2 Å². The summed E-state index contributed by atoms with van der Waals surface area (Å²) in [5.74, 6) is 3.21. The topological polar surface area (TPSA) is 40.5 Å². The monoisotopic (exact) mass is 292 g/mol. The van der Waals surface area contributed by atoms with Crippen LogP contribution in [0.4, 0.5) is 0 Å². The number of hydrogen-bond acceptors (Lipinski definition) is 2. The van der Waals surface area contributed by atoms with Crippen molar-refractivity contribution in [2.75, 3.05) is 0 Å². The van der Waals surface area contributed by atoms with Gasteiger partial charge in [-0.1, -0.05) is 13.8 Å². The second kappa shape index (κ2) is 4.71. The number of rotatable bonds is 0. The summed E-state index contributed by atoms with van der Waals surface area (Å²) < 4.78 is 0. The minimum atomic E-state index is -0.0440. The molecule has 2 nitrogen and oxygen atoms in total. The van der Waals surface area contributed by atoms with Crippen LogP contribution in [-0.2, 0) is 0 Å². The van der Waals surface area contributed by atoms with Gasteiger partial charge >= 0.3 is 0 Å². The first-order valence-corrected chi connectivity index (χ1v) is 9.28. The van der Waals surface area contributed by atoms with Gasteiger partial charge in [0.25, 0.3) is 0 Å². The molecule has 8 atom stereocenters. The van der Waals surface area contributed by atoms with Gasteiger partial charge in [-0.2, -0.15) is 0 Å². The van der Waals surface area contributed by atoms with Crippen molar-refractivity contribution in [1.82, 2.24) is 0 Å². The van der Waals surface area contributed by atoms with Crippen molar-refractivity contribution in [1.29, 1.82) is 0 Å². The molecule has 2 heteroatoms. The second-order valence-electron chi connectivity index (χ2n) is 9.37. The highest BCUT2D eigenvalue weighted by Gasteiger charge is 2.58. The Bertz CT molecular complexity index is 422. The van der Waals surface area contributed by atoms with Crippen molar-refractivity contribution in [3.63, 3.8) is 0 Å². The van der Waals surface area contributed by atoms with Gasteiger partial charge in [-0.15, -0.1) is 0 Å². The molecule has 0 radical (unpaired) electrons. The predicted octanol–water partition coefficient (Wildman–Crippen LogP) is 3.75. The summed E-state index contributed by atoms with van der Waals surface area (Å²) in [5, 5.41) is 20.3. The first-order valence-electron chi connectivity index (χ1n) is 9.28. The Kier molecular flexibility index (Phi) is 3.25. The van der Waals surface area contributed by atoms with E-state index in [0.29, 0.717) is 10.8 Å². The molecule has 0 heterocycles. The zero-order valence-corrected chi connectivity index (χ0v) is 13.7. The van der Waals surface area contributed by atoms with Gasteiger partial charge in [0.15, 0.2) is 0 Å². The third-order valence-corrected chi connectivity index (χ3v) is 8.38. The number of aliphatic hydroxyl groups excluding tert-OH is 2. The van der Waals surface area contributed by atoms with Crippen molar-refractivity contribution in [3.05, 3.63) is 0 Å². The highest BCUT2D eigenvalue weighted by molar-refractivity contribution is 5.08. The molecular formula is C19H32O2. The molecule has 0 bridgehead atoms. The van der Waals surface area contributed by atoms with Crippen LogP contribution in [0.5, 0.6) is 0 Å². The van der Waals surface area contributed by atoms with E-state index in [1.165, 1.54) is 32.1 Å². The maximum Gasteiger partial charge on any atom is 0.0548 e. The zero-order valence-electron chi connectivity index (χ0n) is 13.7. The summed E-state index contributed by atoms with van der Waals surface area (Å²) in [6.45, 7) is 4.98. The van der Waals surface area contributed by atoms with E-state index in [1.54, 1.807) is 0 Å². The van der Waals surface area contributed by atoms with Crippen LogP contribution in [0.25, 0.3) is 0 Å². The molecule has 4 aliphatic rings. The number of aliphatic hydroxyl groups is 2. The first-order chi connectivity index (χ1) is 9.92. The molecule has 0 aromatic rings. The Labute approximate surface area is 129 Å². The number of hydrogen-bond donors (Lipinski definition) is 2. The lowest BCUT2D eigenvalue weighted by Crippen LogP contribution is -2.53. The van der Waals surface area contributed by atoms with Gasteiger partial charge in [-0.25, -0.2) is 0 Å². The predicted molar refractivity (Wildman–Crippen MR) is 83.7 cm³/mol. The lowest BCUT2D eigenvalue weighted by atomic mass is 9.45. The van der Waals surface area contributed by atoms with Crippen molar-refractivity contribution >= 4 is 0 Å². The van der Waals surface area contributed by atoms with Crippen LogP contribution in [0.2, 0.25) is 0 Å². The fourth-order valence-electron chi connectivity index (χ4n) is 7.26. The molecule has 0 amide bonds. The maximum absolute atomic E-state index is 10.2. The molecule has 4 saturated carbocycles. The highest BCUT2D eigenvalue weighted by atomic mass is 16.3. The van der Waals surface area contributed by atoms with Gasteiger partial charge in [0.05, 0.1) is 12.2 Å². The van der Waals surface area contributed by atoms with Gasteiger partial charge in [-0.3, -0.25) is 0 Å². The molecule has 0 spiro atoms. The Morgan fingerprint density at radius 2 is 1.62 bits per heavy atom. The summed E-state index contributed by atoms with van der Waals surface area (Å²) in [7, 11) is 0. The third kappa shape index (κ3) is 2.05. The Morgan fingerprint density at radius 3 is 2.43 bits per heavy atom. The second-order valence-corrected chi connectivity index (χ2v) is 9.37. The quantitative estimate of drug-likeness (QED) is 0.714. The van der Waals surface area contributed by atoms with Crippen LogP contribution >= 0.6 is 0 Å². The smallest absolute Gasteiger partial charge is 0.0548 e. The van der Waals surface area contributed by atoms with Gasteiger partial charge < -0.3 is 10.2 Å². The summed E-state index contributed by atoms with van der Waals surface area (Å²) >= 11 is 0. The Balaban J connectivity index is 1.62. The van der Waals surface area contributed by atoms with Gasteiger partial charge in [0, 0.05) is 0 Å². The molecule has 21 heavy (non-hydrogen) atoms. The highest BCUT2D eigenvalue weighted by Crippen LogP contribution is 2.66. The average Bonchev–Trinajstić information content (AvgIpc) is 2.74. The molecule has 4 rings (SSSR count). The van der Waals surface area contributed by atoms with E-state index >= 15 is 0 Å². The lowest BCUT2D eigenvalue weighted by molar-refractivity contribution is -0.120. The summed E-state index contributed by atoms with van der Waals surface area (Å²) in [5.41, 5.74) is 0.884. The Hall–Kier alpha value is -0.0800. The fraction of sp³-hybridized carbons (Fsp3) is 1.00. The molecule has 120 valence electrons. The van der Waals surface area contributed by atoms with Crippen LogP contribution in [0.15, 0.2) is 0 Å². The molecular weight excluding hydrogens is 260 g/mol.